The number of benzene rings is 1. The van der Waals surface area contributed by atoms with Crippen LogP contribution in [0.4, 0.5) is 17.6 Å². The number of carbonyl (C=O) groups is 1. The molecule has 0 radical (unpaired) electrons. The molecule has 7 nitrogen and oxygen atoms in total. The van der Waals surface area contributed by atoms with Crippen molar-refractivity contribution in [3.8, 4) is 11.5 Å². The molecule has 0 atom stereocenters. The van der Waals surface area contributed by atoms with Gasteiger partial charge in [-0.3, -0.25) is 9.51 Å². The number of halogens is 4. The van der Waals surface area contributed by atoms with E-state index in [0.29, 0.717) is 10.6 Å². The van der Waals surface area contributed by atoms with Crippen molar-refractivity contribution in [2.45, 2.75) is 12.9 Å². The number of aromatic nitrogens is 3. The molecule has 0 saturated carbocycles. The summed E-state index contributed by atoms with van der Waals surface area (Å²) in [6, 6.07) is 5.85. The number of esters is 1. The number of carbonyl (C=O) groups excluding carboxylic acids is 1. The molecule has 11 heteroatoms. The first-order valence-corrected chi connectivity index (χ1v) is 7.28. The predicted molar refractivity (Wildman–Crippen MR) is 80.8 cm³/mol. The van der Waals surface area contributed by atoms with Crippen molar-refractivity contribution >= 4 is 5.97 Å². The Labute approximate surface area is 147 Å². The van der Waals surface area contributed by atoms with Crippen molar-refractivity contribution in [3.63, 3.8) is 0 Å². The van der Waals surface area contributed by atoms with Gasteiger partial charge in [0.1, 0.15) is 11.5 Å². The fraction of sp³-hybridized carbons (Fsp3) is 0.125. The van der Waals surface area contributed by atoms with Crippen LogP contribution in [0.15, 0.2) is 51.9 Å². The standard InChI is InChI=1S/C16H9F4N3O4/c17-11-3-1-9(2-4-11)14(24)26-8-23-13(22-27-15(23)25)12-7-10(5-6-21-12)16(18,19)20/h1-7H,8H2. The fourth-order valence-electron chi connectivity index (χ4n) is 2.09. The number of hydrogen-bond donors (Lipinski definition) is 0. The minimum Gasteiger partial charge on any atom is -0.440 e. The molecule has 0 aliphatic carbocycles. The van der Waals surface area contributed by atoms with E-state index in [-0.39, 0.29) is 17.1 Å². The maximum Gasteiger partial charge on any atom is 0.444 e. The zero-order chi connectivity index (χ0) is 19.6. The third-order valence-electron chi connectivity index (χ3n) is 3.41. The van der Waals surface area contributed by atoms with Crippen LogP contribution >= 0.6 is 0 Å². The quantitative estimate of drug-likeness (QED) is 0.509. The first-order valence-electron chi connectivity index (χ1n) is 7.28. The van der Waals surface area contributed by atoms with Gasteiger partial charge in [-0.1, -0.05) is 5.16 Å². The summed E-state index contributed by atoms with van der Waals surface area (Å²) in [4.78, 5) is 27.4. The fourth-order valence-corrected chi connectivity index (χ4v) is 2.09. The van der Waals surface area contributed by atoms with Gasteiger partial charge in [0, 0.05) is 6.20 Å². The van der Waals surface area contributed by atoms with Gasteiger partial charge in [0.2, 0.25) is 5.82 Å². The average Bonchev–Trinajstić information content (AvgIpc) is 3.00. The second-order valence-electron chi connectivity index (χ2n) is 5.20. The van der Waals surface area contributed by atoms with Gasteiger partial charge in [0.15, 0.2) is 6.73 Å². The monoisotopic (exact) mass is 383 g/mol. The molecule has 0 amide bonds. The van der Waals surface area contributed by atoms with Gasteiger partial charge in [-0.2, -0.15) is 13.2 Å². The molecule has 3 aromatic rings. The highest BCUT2D eigenvalue weighted by Gasteiger charge is 2.31. The normalized spacial score (nSPS) is 11.4. The molecular formula is C16H9F4N3O4. The smallest absolute Gasteiger partial charge is 0.440 e. The van der Waals surface area contributed by atoms with Gasteiger partial charge < -0.3 is 4.74 Å². The topological polar surface area (TPSA) is 87.2 Å². The molecule has 0 unspecified atom stereocenters. The van der Waals surface area contributed by atoms with Gasteiger partial charge in [-0.15, -0.1) is 0 Å². The molecule has 0 aliphatic heterocycles. The number of hydrogen-bond acceptors (Lipinski definition) is 6. The van der Waals surface area contributed by atoms with Gasteiger partial charge in [-0.25, -0.2) is 18.5 Å². The van der Waals surface area contributed by atoms with Gasteiger partial charge >= 0.3 is 17.9 Å². The number of ether oxygens (including phenoxy) is 1. The van der Waals surface area contributed by atoms with E-state index in [1.165, 1.54) is 12.1 Å². The first kappa shape index (κ1) is 18.3. The van der Waals surface area contributed by atoms with Gasteiger partial charge in [0.05, 0.1) is 11.1 Å². The van der Waals surface area contributed by atoms with Crippen LogP contribution in [0.2, 0.25) is 0 Å². The highest BCUT2D eigenvalue weighted by Crippen LogP contribution is 2.30. The van der Waals surface area contributed by atoms with Crippen molar-refractivity contribution in [2.75, 3.05) is 0 Å². The molecule has 140 valence electrons. The third-order valence-corrected chi connectivity index (χ3v) is 3.41. The van der Waals surface area contributed by atoms with Gasteiger partial charge in [-0.05, 0) is 36.4 Å². The molecule has 0 aliphatic rings. The van der Waals surface area contributed by atoms with Crippen LogP contribution in [0.3, 0.4) is 0 Å². The Balaban J connectivity index is 1.84. The number of pyridine rings is 1. The van der Waals surface area contributed by atoms with Crippen LogP contribution in [0, 0.1) is 5.82 Å². The largest absolute Gasteiger partial charge is 0.444 e. The van der Waals surface area contributed by atoms with Crippen molar-refractivity contribution in [3.05, 3.63) is 70.1 Å². The average molecular weight is 383 g/mol. The lowest BCUT2D eigenvalue weighted by Gasteiger charge is -2.09. The maximum absolute atomic E-state index is 12.9. The lowest BCUT2D eigenvalue weighted by molar-refractivity contribution is -0.137. The molecule has 2 heterocycles. The van der Waals surface area contributed by atoms with E-state index in [1.54, 1.807) is 0 Å². The summed E-state index contributed by atoms with van der Waals surface area (Å²) in [7, 11) is 0. The van der Waals surface area contributed by atoms with E-state index in [2.05, 4.69) is 14.7 Å². The molecule has 27 heavy (non-hydrogen) atoms. The molecule has 0 N–H and O–H groups in total. The van der Waals surface area contributed by atoms with Crippen LogP contribution in [-0.4, -0.2) is 20.7 Å². The Hall–Kier alpha value is -3.50. The lowest BCUT2D eigenvalue weighted by atomic mass is 10.2. The highest BCUT2D eigenvalue weighted by molar-refractivity contribution is 5.89. The minimum absolute atomic E-state index is 0.0136. The van der Waals surface area contributed by atoms with Crippen LogP contribution in [0.25, 0.3) is 11.5 Å². The Kier molecular flexibility index (Phi) is 4.75. The second kappa shape index (κ2) is 7.02. The molecule has 3 rings (SSSR count). The second-order valence-corrected chi connectivity index (χ2v) is 5.20. The summed E-state index contributed by atoms with van der Waals surface area (Å²) in [5.41, 5.74) is -1.29. The summed E-state index contributed by atoms with van der Waals surface area (Å²) >= 11 is 0. The highest BCUT2D eigenvalue weighted by atomic mass is 19.4. The zero-order valence-electron chi connectivity index (χ0n) is 13.2. The molecule has 0 saturated heterocycles. The summed E-state index contributed by atoms with van der Waals surface area (Å²) < 4.78 is 61.4. The van der Waals surface area contributed by atoms with E-state index in [0.717, 1.165) is 24.4 Å². The van der Waals surface area contributed by atoms with Crippen molar-refractivity contribution in [1.82, 2.24) is 14.7 Å². The number of rotatable bonds is 4. The SMILES string of the molecule is O=C(OCn1c(-c2cc(C(F)(F)F)ccn2)noc1=O)c1ccc(F)cc1. The van der Waals surface area contributed by atoms with E-state index in [1.807, 2.05) is 0 Å². The maximum atomic E-state index is 12.9. The lowest BCUT2D eigenvalue weighted by Crippen LogP contribution is -2.20. The van der Waals surface area contributed by atoms with Crippen LogP contribution in [0.1, 0.15) is 15.9 Å². The van der Waals surface area contributed by atoms with E-state index in [9.17, 15) is 27.2 Å². The summed E-state index contributed by atoms with van der Waals surface area (Å²) in [6.07, 6.45) is -3.73. The predicted octanol–water partition coefficient (Wildman–Crippen LogP) is 2.87. The van der Waals surface area contributed by atoms with E-state index < -0.39 is 36.0 Å². The van der Waals surface area contributed by atoms with Crippen molar-refractivity contribution in [2.24, 2.45) is 0 Å². The Morgan fingerprint density at radius 2 is 1.89 bits per heavy atom. The summed E-state index contributed by atoms with van der Waals surface area (Å²) in [6.45, 7) is -0.689. The summed E-state index contributed by atoms with van der Waals surface area (Å²) in [5, 5.41) is 3.38. The molecular weight excluding hydrogens is 374 g/mol. The number of alkyl halides is 3. The third kappa shape index (κ3) is 4.02. The Bertz CT molecular complexity index is 1030. The van der Waals surface area contributed by atoms with Crippen LogP contribution < -0.4 is 5.76 Å². The molecule has 0 bridgehead atoms. The van der Waals surface area contributed by atoms with Crippen molar-refractivity contribution in [1.29, 1.82) is 0 Å². The molecule has 0 fully saturated rings. The Morgan fingerprint density at radius 1 is 1.19 bits per heavy atom. The first-order chi connectivity index (χ1) is 12.8. The van der Waals surface area contributed by atoms with E-state index >= 15 is 0 Å². The van der Waals surface area contributed by atoms with Crippen molar-refractivity contribution < 1.29 is 31.6 Å². The van der Waals surface area contributed by atoms with E-state index in [4.69, 9.17) is 4.74 Å². The van der Waals surface area contributed by atoms with Gasteiger partial charge in [0.25, 0.3) is 0 Å². The Morgan fingerprint density at radius 3 is 2.56 bits per heavy atom. The zero-order valence-corrected chi connectivity index (χ0v) is 13.2. The molecule has 1 aromatic carbocycles. The summed E-state index contributed by atoms with van der Waals surface area (Å²) in [5.74, 6) is -2.85. The molecule has 0 spiro atoms. The van der Waals surface area contributed by atoms with Crippen LogP contribution in [0.5, 0.6) is 0 Å². The molecule has 2 aromatic heterocycles. The number of nitrogens with zero attached hydrogens (tertiary/aromatic N) is 3. The minimum atomic E-state index is -4.62. The van der Waals surface area contributed by atoms with Crippen LogP contribution in [-0.2, 0) is 17.6 Å².